The highest BCUT2D eigenvalue weighted by Crippen LogP contribution is 2.24. The summed E-state index contributed by atoms with van der Waals surface area (Å²) >= 11 is 11.8. The van der Waals surface area contributed by atoms with E-state index in [2.05, 4.69) is 9.88 Å². The fraction of sp³-hybridized carbons (Fsp3) is 0.600. The fourth-order valence-corrected chi connectivity index (χ4v) is 3.77. The van der Waals surface area contributed by atoms with Crippen LogP contribution in [0.3, 0.4) is 0 Å². The highest BCUT2D eigenvalue weighted by atomic mass is 35.5. The molecule has 21 heavy (non-hydrogen) atoms. The molecule has 0 spiro atoms. The number of aromatic nitrogens is 1. The van der Waals surface area contributed by atoms with Crippen LogP contribution in [0, 0.1) is 0 Å². The molecule has 1 atom stereocenters. The van der Waals surface area contributed by atoms with Gasteiger partial charge in [-0.3, -0.25) is 4.79 Å². The molecule has 0 N–H and O–H groups in total. The molecular weight excluding hydrogens is 309 g/mol. The van der Waals surface area contributed by atoms with E-state index in [0.29, 0.717) is 11.6 Å². The summed E-state index contributed by atoms with van der Waals surface area (Å²) in [6, 6.07) is 3.50. The second kappa shape index (κ2) is 6.51. The first-order valence-electron chi connectivity index (χ1n) is 7.50. The topological polar surface area (TPSA) is 36.4 Å². The van der Waals surface area contributed by atoms with E-state index in [1.165, 1.54) is 12.8 Å². The lowest BCUT2D eigenvalue weighted by Gasteiger charge is -2.28. The maximum absolute atomic E-state index is 12.7. The zero-order valence-corrected chi connectivity index (χ0v) is 13.4. The number of nitrogens with zero attached hydrogens (tertiary/aromatic N) is 3. The maximum Gasteiger partial charge on any atom is 0.254 e. The summed E-state index contributed by atoms with van der Waals surface area (Å²) in [5.74, 6) is 0.0166. The van der Waals surface area contributed by atoms with Crippen LogP contribution in [0.2, 0.25) is 10.3 Å². The van der Waals surface area contributed by atoms with Crippen LogP contribution in [0.5, 0.6) is 0 Å². The molecule has 3 heterocycles. The molecule has 3 rings (SSSR count). The van der Waals surface area contributed by atoms with Crippen molar-refractivity contribution in [3.63, 3.8) is 0 Å². The Morgan fingerprint density at radius 3 is 2.48 bits per heavy atom. The van der Waals surface area contributed by atoms with Crippen LogP contribution in [0.1, 0.15) is 36.0 Å². The summed E-state index contributed by atoms with van der Waals surface area (Å²) in [5, 5.41) is 0.530. The highest BCUT2D eigenvalue weighted by Gasteiger charge is 2.31. The number of hydrogen-bond donors (Lipinski definition) is 0. The lowest BCUT2D eigenvalue weighted by molar-refractivity contribution is 0.0708. The number of halogens is 2. The second-order valence-corrected chi connectivity index (χ2v) is 6.58. The molecule has 0 aromatic carbocycles. The molecule has 4 nitrogen and oxygen atoms in total. The largest absolute Gasteiger partial charge is 0.334 e. The van der Waals surface area contributed by atoms with Gasteiger partial charge in [-0.05, 0) is 50.9 Å². The Morgan fingerprint density at radius 1 is 1.14 bits per heavy atom. The quantitative estimate of drug-likeness (QED) is 0.800. The number of carbonyl (C=O) groups is 1. The molecule has 114 valence electrons. The van der Waals surface area contributed by atoms with Gasteiger partial charge in [-0.2, -0.15) is 0 Å². The third kappa shape index (κ3) is 3.50. The van der Waals surface area contributed by atoms with Crippen LogP contribution in [-0.2, 0) is 0 Å². The molecule has 2 saturated heterocycles. The van der Waals surface area contributed by atoms with E-state index in [9.17, 15) is 4.79 Å². The summed E-state index contributed by atoms with van der Waals surface area (Å²) < 4.78 is 0. The standard InChI is InChI=1S/C15H19Cl2N3O/c16-13-8-11(9-14(17)18-13)15(21)20-7-3-4-12(20)10-19-5-1-2-6-19/h8-9,12H,1-7,10H2/t12-/m0/s1. The smallest absolute Gasteiger partial charge is 0.254 e. The molecule has 0 unspecified atom stereocenters. The van der Waals surface area contributed by atoms with Crippen molar-refractivity contribution < 1.29 is 4.79 Å². The van der Waals surface area contributed by atoms with Gasteiger partial charge >= 0.3 is 0 Å². The van der Waals surface area contributed by atoms with Crippen molar-refractivity contribution in [1.82, 2.24) is 14.8 Å². The minimum absolute atomic E-state index is 0.0166. The lowest BCUT2D eigenvalue weighted by atomic mass is 10.2. The van der Waals surface area contributed by atoms with Crippen molar-refractivity contribution in [3.05, 3.63) is 28.0 Å². The predicted molar refractivity (Wildman–Crippen MR) is 84.0 cm³/mol. The number of likely N-dealkylation sites (tertiary alicyclic amines) is 2. The van der Waals surface area contributed by atoms with Crippen molar-refractivity contribution >= 4 is 29.1 Å². The first-order chi connectivity index (χ1) is 10.1. The van der Waals surface area contributed by atoms with E-state index in [4.69, 9.17) is 23.2 Å². The summed E-state index contributed by atoms with van der Waals surface area (Å²) in [6.07, 6.45) is 4.69. The molecule has 0 saturated carbocycles. The third-order valence-corrected chi connectivity index (χ3v) is 4.70. The van der Waals surface area contributed by atoms with E-state index in [1.807, 2.05) is 4.90 Å². The average Bonchev–Trinajstić information content (AvgIpc) is 3.09. The number of carbonyl (C=O) groups excluding carboxylic acids is 1. The van der Waals surface area contributed by atoms with Crippen LogP contribution in [0.15, 0.2) is 12.1 Å². The van der Waals surface area contributed by atoms with Gasteiger partial charge in [0.05, 0.1) is 0 Å². The average molecular weight is 328 g/mol. The third-order valence-electron chi connectivity index (χ3n) is 4.32. The molecule has 1 aromatic rings. The van der Waals surface area contributed by atoms with Gasteiger partial charge in [0.2, 0.25) is 0 Å². The Morgan fingerprint density at radius 2 is 1.81 bits per heavy atom. The zero-order valence-electron chi connectivity index (χ0n) is 11.9. The Balaban J connectivity index is 1.72. The van der Waals surface area contributed by atoms with Gasteiger partial charge in [0.1, 0.15) is 10.3 Å². The first-order valence-corrected chi connectivity index (χ1v) is 8.25. The molecule has 1 amide bonds. The highest BCUT2D eigenvalue weighted by molar-refractivity contribution is 6.33. The van der Waals surface area contributed by atoms with Crippen molar-refractivity contribution in [2.75, 3.05) is 26.2 Å². The Hall–Kier alpha value is -0.840. The molecule has 0 bridgehead atoms. The first kappa shape index (κ1) is 15.1. The van der Waals surface area contributed by atoms with Gasteiger partial charge in [-0.25, -0.2) is 4.98 Å². The van der Waals surface area contributed by atoms with E-state index >= 15 is 0 Å². The van der Waals surface area contributed by atoms with Crippen LogP contribution in [0.25, 0.3) is 0 Å². The minimum atomic E-state index is 0.0166. The van der Waals surface area contributed by atoms with Gasteiger partial charge in [-0.1, -0.05) is 23.2 Å². The van der Waals surface area contributed by atoms with E-state index in [0.717, 1.165) is 39.0 Å². The number of hydrogen-bond acceptors (Lipinski definition) is 3. The second-order valence-electron chi connectivity index (χ2n) is 5.80. The monoisotopic (exact) mass is 327 g/mol. The normalized spacial score (nSPS) is 23.0. The number of amides is 1. The van der Waals surface area contributed by atoms with Gasteiger partial charge in [-0.15, -0.1) is 0 Å². The Labute approximate surface area is 135 Å². The summed E-state index contributed by atoms with van der Waals surface area (Å²) in [5.41, 5.74) is 0.535. The minimum Gasteiger partial charge on any atom is -0.334 e. The summed E-state index contributed by atoms with van der Waals surface area (Å²) in [4.78, 5) is 21.0. The molecule has 1 aromatic heterocycles. The molecule has 0 radical (unpaired) electrons. The van der Waals surface area contributed by atoms with Crippen LogP contribution < -0.4 is 0 Å². The zero-order chi connectivity index (χ0) is 14.8. The predicted octanol–water partition coefficient (Wildman–Crippen LogP) is 3.09. The van der Waals surface area contributed by atoms with Crippen LogP contribution >= 0.6 is 23.2 Å². The van der Waals surface area contributed by atoms with Crippen LogP contribution in [-0.4, -0.2) is 52.9 Å². The molecule has 2 fully saturated rings. The molecule has 6 heteroatoms. The summed E-state index contributed by atoms with van der Waals surface area (Å²) in [7, 11) is 0. The van der Waals surface area contributed by atoms with Gasteiger partial charge in [0.25, 0.3) is 5.91 Å². The lowest BCUT2D eigenvalue weighted by Crippen LogP contribution is -2.42. The maximum atomic E-state index is 12.7. The number of rotatable bonds is 3. The van der Waals surface area contributed by atoms with Gasteiger partial charge in [0, 0.05) is 24.7 Å². The molecule has 2 aliphatic heterocycles. The van der Waals surface area contributed by atoms with Crippen molar-refractivity contribution in [3.8, 4) is 0 Å². The number of pyridine rings is 1. The Bertz CT molecular complexity index is 511. The molecular formula is C15H19Cl2N3O. The Kier molecular flexibility index (Phi) is 4.67. The SMILES string of the molecule is O=C(c1cc(Cl)nc(Cl)c1)N1CCC[C@H]1CN1CCCC1. The van der Waals surface area contributed by atoms with Gasteiger partial charge < -0.3 is 9.80 Å². The fourth-order valence-electron chi connectivity index (χ4n) is 3.31. The molecule has 2 aliphatic rings. The van der Waals surface area contributed by atoms with Crippen LogP contribution in [0.4, 0.5) is 0 Å². The van der Waals surface area contributed by atoms with Crippen molar-refractivity contribution in [2.45, 2.75) is 31.7 Å². The van der Waals surface area contributed by atoms with Crippen molar-refractivity contribution in [2.24, 2.45) is 0 Å². The van der Waals surface area contributed by atoms with E-state index < -0.39 is 0 Å². The molecule has 0 aliphatic carbocycles. The van der Waals surface area contributed by atoms with Gasteiger partial charge in [0.15, 0.2) is 0 Å². The van der Waals surface area contributed by atoms with E-state index in [-0.39, 0.29) is 16.2 Å². The van der Waals surface area contributed by atoms with Crippen molar-refractivity contribution in [1.29, 1.82) is 0 Å². The van der Waals surface area contributed by atoms with E-state index in [1.54, 1.807) is 12.1 Å². The summed E-state index contributed by atoms with van der Waals surface area (Å²) in [6.45, 7) is 4.12.